The lowest BCUT2D eigenvalue weighted by molar-refractivity contribution is -0.124. The Labute approximate surface area is 87.3 Å². The number of carbonyl (C=O) groups is 1. The fourth-order valence-corrected chi connectivity index (χ4v) is 1.06. The van der Waals surface area contributed by atoms with Crippen molar-refractivity contribution < 1.29 is 9.32 Å². The highest BCUT2D eigenvalue weighted by Crippen LogP contribution is 2.09. The van der Waals surface area contributed by atoms with E-state index >= 15 is 0 Å². The zero-order chi connectivity index (χ0) is 11.3. The van der Waals surface area contributed by atoms with Gasteiger partial charge in [0.15, 0.2) is 5.82 Å². The molecule has 15 heavy (non-hydrogen) atoms. The van der Waals surface area contributed by atoms with Crippen LogP contribution in [0.25, 0.3) is 0 Å². The van der Waals surface area contributed by atoms with E-state index in [1.54, 1.807) is 0 Å². The van der Waals surface area contributed by atoms with Gasteiger partial charge in [-0.2, -0.15) is 10.2 Å². The molecule has 0 aliphatic carbocycles. The number of carbonyl (C=O) groups excluding carboxylic acids is 1. The second-order valence-corrected chi connectivity index (χ2v) is 3.42. The Morgan fingerprint density at radius 3 is 2.93 bits per heavy atom. The van der Waals surface area contributed by atoms with E-state index in [1.807, 2.05) is 19.9 Å². The van der Waals surface area contributed by atoms with Gasteiger partial charge in [0.25, 0.3) is 0 Å². The monoisotopic (exact) mass is 208 g/mol. The first-order chi connectivity index (χ1) is 7.15. The summed E-state index contributed by atoms with van der Waals surface area (Å²) in [6, 6.07) is 1.96. The van der Waals surface area contributed by atoms with E-state index in [0.29, 0.717) is 5.82 Å². The molecule has 1 heterocycles. The number of nitrogens with one attached hydrogen (secondary N) is 1. The van der Waals surface area contributed by atoms with Gasteiger partial charge >= 0.3 is 0 Å². The normalized spacial score (nSPS) is 12.1. The van der Waals surface area contributed by atoms with Gasteiger partial charge in [-0.25, -0.2) is 0 Å². The van der Waals surface area contributed by atoms with Crippen LogP contribution in [0.1, 0.15) is 19.7 Å². The van der Waals surface area contributed by atoms with Gasteiger partial charge in [0.2, 0.25) is 12.3 Å². The first-order valence-corrected chi connectivity index (χ1v) is 4.57. The topological polar surface area (TPSA) is 91.8 Å². The zero-order valence-corrected chi connectivity index (χ0v) is 8.60. The minimum absolute atomic E-state index is 0.0136. The highest BCUT2D eigenvalue weighted by molar-refractivity contribution is 5.81. The summed E-state index contributed by atoms with van der Waals surface area (Å²) < 4.78 is 4.50. The quantitative estimate of drug-likeness (QED) is 0.777. The van der Waals surface area contributed by atoms with Crippen molar-refractivity contribution in [3.63, 3.8) is 0 Å². The van der Waals surface area contributed by atoms with E-state index in [0.717, 1.165) is 0 Å². The van der Waals surface area contributed by atoms with E-state index in [-0.39, 0.29) is 18.4 Å². The number of amides is 1. The molecule has 6 heteroatoms. The molecule has 1 aromatic rings. The molecule has 1 N–H and O–H groups in total. The van der Waals surface area contributed by atoms with Crippen LogP contribution in [-0.2, 0) is 11.3 Å². The standard InChI is InChI=1S/C9H12N4O2/c1-6(2)7(3-10)9(14)11-4-8-12-5-15-13-8/h5-7H,4H2,1-2H3,(H,11,14). The Balaban J connectivity index is 2.46. The zero-order valence-electron chi connectivity index (χ0n) is 8.60. The molecule has 1 unspecified atom stereocenters. The molecular formula is C9H12N4O2. The average molecular weight is 208 g/mol. The number of hydrogen-bond donors (Lipinski definition) is 1. The van der Waals surface area contributed by atoms with Crippen molar-refractivity contribution in [1.82, 2.24) is 15.5 Å². The fourth-order valence-electron chi connectivity index (χ4n) is 1.06. The van der Waals surface area contributed by atoms with Gasteiger partial charge in [-0.3, -0.25) is 4.79 Å². The van der Waals surface area contributed by atoms with Crippen molar-refractivity contribution in [1.29, 1.82) is 5.26 Å². The molecule has 0 aromatic carbocycles. The Kier molecular flexibility index (Phi) is 3.80. The van der Waals surface area contributed by atoms with Crippen LogP contribution in [0, 0.1) is 23.2 Å². The molecule has 80 valence electrons. The van der Waals surface area contributed by atoms with E-state index in [1.165, 1.54) is 6.39 Å². The van der Waals surface area contributed by atoms with E-state index in [4.69, 9.17) is 5.26 Å². The second-order valence-electron chi connectivity index (χ2n) is 3.42. The van der Waals surface area contributed by atoms with Crippen LogP contribution in [0.5, 0.6) is 0 Å². The molecule has 0 saturated carbocycles. The lowest BCUT2D eigenvalue weighted by Crippen LogP contribution is -2.32. The first-order valence-electron chi connectivity index (χ1n) is 4.57. The lowest BCUT2D eigenvalue weighted by Gasteiger charge is -2.11. The Morgan fingerprint density at radius 2 is 2.47 bits per heavy atom. The summed E-state index contributed by atoms with van der Waals surface area (Å²) in [5.74, 6) is -0.571. The maximum absolute atomic E-state index is 11.5. The maximum atomic E-state index is 11.5. The van der Waals surface area contributed by atoms with Crippen LogP contribution < -0.4 is 5.32 Å². The van der Waals surface area contributed by atoms with Gasteiger partial charge in [0.05, 0.1) is 12.6 Å². The number of nitriles is 1. The summed E-state index contributed by atoms with van der Waals surface area (Å²) >= 11 is 0. The van der Waals surface area contributed by atoms with E-state index in [2.05, 4.69) is 20.0 Å². The summed E-state index contributed by atoms with van der Waals surface area (Å²) in [5.41, 5.74) is 0. The maximum Gasteiger partial charge on any atom is 0.237 e. The highest BCUT2D eigenvalue weighted by atomic mass is 16.5. The van der Waals surface area contributed by atoms with Crippen molar-refractivity contribution in [2.45, 2.75) is 20.4 Å². The van der Waals surface area contributed by atoms with Crippen LogP contribution in [0.3, 0.4) is 0 Å². The van der Waals surface area contributed by atoms with Crippen LogP contribution >= 0.6 is 0 Å². The minimum atomic E-state index is -0.642. The lowest BCUT2D eigenvalue weighted by atomic mass is 9.97. The van der Waals surface area contributed by atoms with Crippen molar-refractivity contribution in [2.75, 3.05) is 0 Å². The third-order valence-corrected chi connectivity index (χ3v) is 1.92. The van der Waals surface area contributed by atoms with Gasteiger partial charge in [-0.05, 0) is 5.92 Å². The SMILES string of the molecule is CC(C)C(C#N)C(=O)NCc1ncon1. The van der Waals surface area contributed by atoms with Gasteiger partial charge < -0.3 is 9.84 Å². The van der Waals surface area contributed by atoms with Crippen LogP contribution in [0.15, 0.2) is 10.9 Å². The summed E-state index contributed by atoms with van der Waals surface area (Å²) in [5, 5.41) is 14.9. The van der Waals surface area contributed by atoms with Crippen LogP contribution in [0.2, 0.25) is 0 Å². The van der Waals surface area contributed by atoms with Crippen molar-refractivity contribution in [3.05, 3.63) is 12.2 Å². The molecule has 0 aliphatic heterocycles. The van der Waals surface area contributed by atoms with Crippen molar-refractivity contribution >= 4 is 5.91 Å². The molecule has 0 aliphatic rings. The summed E-state index contributed by atoms with van der Waals surface area (Å²) in [7, 11) is 0. The third-order valence-electron chi connectivity index (χ3n) is 1.92. The summed E-state index contributed by atoms with van der Waals surface area (Å²) in [4.78, 5) is 15.2. The summed E-state index contributed by atoms with van der Waals surface area (Å²) in [6.07, 6.45) is 1.19. The smallest absolute Gasteiger partial charge is 0.237 e. The molecule has 1 aromatic heterocycles. The Morgan fingerprint density at radius 1 is 1.73 bits per heavy atom. The first kappa shape index (κ1) is 11.2. The number of rotatable bonds is 4. The predicted octanol–water partition coefficient (Wildman–Crippen LogP) is 0.482. The molecule has 0 bridgehead atoms. The molecule has 6 nitrogen and oxygen atoms in total. The molecule has 1 rings (SSSR count). The van der Waals surface area contributed by atoms with Gasteiger partial charge in [0.1, 0.15) is 5.92 Å². The van der Waals surface area contributed by atoms with Crippen LogP contribution in [-0.4, -0.2) is 16.0 Å². The Bertz CT molecular complexity index is 353. The Hall–Kier alpha value is -1.90. The number of nitrogens with zero attached hydrogens (tertiary/aromatic N) is 3. The predicted molar refractivity (Wildman–Crippen MR) is 50.1 cm³/mol. The van der Waals surface area contributed by atoms with E-state index in [9.17, 15) is 4.79 Å². The largest absolute Gasteiger partial charge is 0.348 e. The third kappa shape index (κ3) is 3.06. The van der Waals surface area contributed by atoms with Crippen LogP contribution in [0.4, 0.5) is 0 Å². The fraction of sp³-hybridized carbons (Fsp3) is 0.556. The van der Waals surface area contributed by atoms with Gasteiger partial charge in [-0.1, -0.05) is 19.0 Å². The highest BCUT2D eigenvalue weighted by Gasteiger charge is 2.21. The summed E-state index contributed by atoms with van der Waals surface area (Å²) in [6.45, 7) is 3.82. The molecule has 0 radical (unpaired) electrons. The molecule has 0 spiro atoms. The molecule has 0 fully saturated rings. The molecule has 1 amide bonds. The number of aromatic nitrogens is 2. The van der Waals surface area contributed by atoms with Gasteiger partial charge in [0, 0.05) is 0 Å². The second kappa shape index (κ2) is 5.10. The van der Waals surface area contributed by atoms with Crippen molar-refractivity contribution in [3.8, 4) is 6.07 Å². The number of hydrogen-bond acceptors (Lipinski definition) is 5. The molecule has 1 atom stereocenters. The van der Waals surface area contributed by atoms with Gasteiger partial charge in [-0.15, -0.1) is 0 Å². The minimum Gasteiger partial charge on any atom is -0.348 e. The van der Waals surface area contributed by atoms with E-state index < -0.39 is 5.92 Å². The molecule has 0 saturated heterocycles. The van der Waals surface area contributed by atoms with Crippen molar-refractivity contribution in [2.24, 2.45) is 11.8 Å². The molecular weight excluding hydrogens is 196 g/mol. The average Bonchev–Trinajstić information content (AvgIpc) is 2.67.